The number of hydrogen-bond acceptors (Lipinski definition) is 3. The topological polar surface area (TPSA) is 24.5 Å². The van der Waals surface area contributed by atoms with Crippen LogP contribution in [0.25, 0.3) is 0 Å². The fourth-order valence-corrected chi connectivity index (χ4v) is 2.85. The number of nitrogens with zero attached hydrogens (tertiary/aromatic N) is 1. The minimum atomic E-state index is 0.700. The van der Waals surface area contributed by atoms with Crippen LogP contribution in [-0.2, 0) is 17.9 Å². The maximum absolute atomic E-state index is 5.21. The molecule has 1 heterocycles. The second-order valence-electron chi connectivity index (χ2n) is 5.37. The van der Waals surface area contributed by atoms with Crippen LogP contribution in [0.1, 0.15) is 30.9 Å². The molecule has 0 amide bonds. The van der Waals surface area contributed by atoms with Crippen LogP contribution >= 0.6 is 0 Å². The molecule has 2 rings (SSSR count). The number of methoxy groups -OCH3 is 1. The van der Waals surface area contributed by atoms with Crippen LogP contribution in [0.15, 0.2) is 24.3 Å². The molecular formula is C16H26N2O. The normalized spacial score (nSPS) is 19.2. The molecule has 106 valence electrons. The van der Waals surface area contributed by atoms with Crippen LogP contribution in [0.3, 0.4) is 0 Å². The Kier molecular flexibility index (Phi) is 5.83. The Morgan fingerprint density at radius 1 is 1.37 bits per heavy atom. The fraction of sp³-hybridized carbons (Fsp3) is 0.625. The lowest BCUT2D eigenvalue weighted by molar-refractivity contribution is 0.184. The van der Waals surface area contributed by atoms with Gasteiger partial charge in [0.15, 0.2) is 0 Å². The molecule has 1 saturated heterocycles. The number of benzene rings is 1. The van der Waals surface area contributed by atoms with Crippen molar-refractivity contribution in [3.63, 3.8) is 0 Å². The predicted molar refractivity (Wildman–Crippen MR) is 79.1 cm³/mol. The number of nitrogens with one attached hydrogen (secondary N) is 1. The zero-order valence-electron chi connectivity index (χ0n) is 12.2. The monoisotopic (exact) mass is 262 g/mol. The van der Waals surface area contributed by atoms with Crippen molar-refractivity contribution >= 4 is 0 Å². The molecule has 1 aromatic rings. The van der Waals surface area contributed by atoms with Gasteiger partial charge in [-0.05, 0) is 37.1 Å². The van der Waals surface area contributed by atoms with Crippen molar-refractivity contribution in [2.75, 3.05) is 26.7 Å². The summed E-state index contributed by atoms with van der Waals surface area (Å²) in [6.07, 6.45) is 2.49. The molecule has 1 atom stereocenters. The van der Waals surface area contributed by atoms with E-state index in [1.54, 1.807) is 7.11 Å². The van der Waals surface area contributed by atoms with E-state index >= 15 is 0 Å². The summed E-state index contributed by atoms with van der Waals surface area (Å²) >= 11 is 0. The molecule has 1 unspecified atom stereocenters. The highest BCUT2D eigenvalue weighted by atomic mass is 16.5. The first-order valence-corrected chi connectivity index (χ1v) is 7.35. The van der Waals surface area contributed by atoms with Gasteiger partial charge in [-0.15, -0.1) is 0 Å². The minimum absolute atomic E-state index is 0.700. The summed E-state index contributed by atoms with van der Waals surface area (Å²) in [4.78, 5) is 2.62. The van der Waals surface area contributed by atoms with E-state index in [0.717, 1.165) is 19.6 Å². The maximum Gasteiger partial charge on any atom is 0.0713 e. The second-order valence-corrected chi connectivity index (χ2v) is 5.37. The lowest BCUT2D eigenvalue weighted by Crippen LogP contribution is -2.36. The third kappa shape index (κ3) is 4.30. The molecule has 0 radical (unpaired) electrons. The average Bonchev–Trinajstić information content (AvgIpc) is 2.93. The summed E-state index contributed by atoms with van der Waals surface area (Å²) in [7, 11) is 1.75. The Labute approximate surface area is 116 Å². The molecule has 3 nitrogen and oxygen atoms in total. The van der Waals surface area contributed by atoms with Gasteiger partial charge in [-0.2, -0.15) is 0 Å². The second kappa shape index (κ2) is 7.63. The molecule has 0 spiro atoms. The highest BCUT2D eigenvalue weighted by Crippen LogP contribution is 2.15. The zero-order chi connectivity index (χ0) is 13.5. The van der Waals surface area contributed by atoms with Crippen molar-refractivity contribution in [1.29, 1.82) is 0 Å². The molecule has 0 bridgehead atoms. The predicted octanol–water partition coefficient (Wildman–Crippen LogP) is 2.41. The van der Waals surface area contributed by atoms with Gasteiger partial charge in [0.05, 0.1) is 6.61 Å². The van der Waals surface area contributed by atoms with E-state index in [0.29, 0.717) is 12.6 Å². The van der Waals surface area contributed by atoms with E-state index in [1.807, 2.05) is 0 Å². The van der Waals surface area contributed by atoms with E-state index in [9.17, 15) is 0 Å². The molecule has 0 aliphatic carbocycles. The van der Waals surface area contributed by atoms with E-state index in [2.05, 4.69) is 41.4 Å². The third-order valence-electron chi connectivity index (χ3n) is 3.75. The Balaban J connectivity index is 2.01. The summed E-state index contributed by atoms with van der Waals surface area (Å²) < 4.78 is 5.21. The third-order valence-corrected chi connectivity index (χ3v) is 3.75. The number of rotatable bonds is 7. The van der Waals surface area contributed by atoms with E-state index < -0.39 is 0 Å². The molecule has 3 heteroatoms. The van der Waals surface area contributed by atoms with Gasteiger partial charge in [-0.25, -0.2) is 0 Å². The quantitative estimate of drug-likeness (QED) is 0.816. The Bertz CT molecular complexity index is 375. The van der Waals surface area contributed by atoms with Gasteiger partial charge in [-0.1, -0.05) is 31.2 Å². The van der Waals surface area contributed by atoms with Gasteiger partial charge in [0.25, 0.3) is 0 Å². The molecular weight excluding hydrogens is 236 g/mol. The number of hydrogen-bond donors (Lipinski definition) is 1. The highest BCUT2D eigenvalue weighted by molar-refractivity contribution is 5.23. The maximum atomic E-state index is 5.21. The van der Waals surface area contributed by atoms with Crippen molar-refractivity contribution in [3.05, 3.63) is 35.4 Å². The van der Waals surface area contributed by atoms with Crippen molar-refractivity contribution in [1.82, 2.24) is 10.2 Å². The first-order chi connectivity index (χ1) is 9.33. The van der Waals surface area contributed by atoms with Crippen LogP contribution < -0.4 is 5.32 Å². The number of ether oxygens (including phenoxy) is 1. The highest BCUT2D eigenvalue weighted by Gasteiger charge is 2.21. The standard InChI is InChI=1S/C16H26N2O/c1-3-9-18(16-7-8-17-11-16)12-14-5-4-6-15(10-14)13-19-2/h4-6,10,16-17H,3,7-9,11-13H2,1-2H3. The van der Waals surface area contributed by atoms with Crippen molar-refractivity contribution in [2.24, 2.45) is 0 Å². The van der Waals surface area contributed by atoms with Gasteiger partial charge in [-0.3, -0.25) is 4.90 Å². The molecule has 1 aliphatic rings. The Morgan fingerprint density at radius 2 is 2.21 bits per heavy atom. The summed E-state index contributed by atoms with van der Waals surface area (Å²) in [6, 6.07) is 9.47. The van der Waals surface area contributed by atoms with Gasteiger partial charge in [0, 0.05) is 26.2 Å². The van der Waals surface area contributed by atoms with Crippen molar-refractivity contribution < 1.29 is 4.74 Å². The van der Waals surface area contributed by atoms with E-state index in [4.69, 9.17) is 4.74 Å². The molecule has 1 fully saturated rings. The summed E-state index contributed by atoms with van der Waals surface area (Å²) in [5, 5.41) is 3.47. The molecule has 1 aromatic carbocycles. The smallest absolute Gasteiger partial charge is 0.0713 e. The van der Waals surface area contributed by atoms with Crippen molar-refractivity contribution in [3.8, 4) is 0 Å². The van der Waals surface area contributed by atoms with Gasteiger partial charge in [0.2, 0.25) is 0 Å². The lowest BCUT2D eigenvalue weighted by Gasteiger charge is -2.28. The van der Waals surface area contributed by atoms with Crippen LogP contribution in [0, 0.1) is 0 Å². The average molecular weight is 262 g/mol. The lowest BCUT2D eigenvalue weighted by atomic mass is 10.1. The van der Waals surface area contributed by atoms with Gasteiger partial charge >= 0.3 is 0 Å². The van der Waals surface area contributed by atoms with Crippen LogP contribution in [0.2, 0.25) is 0 Å². The van der Waals surface area contributed by atoms with E-state index in [-0.39, 0.29) is 0 Å². The zero-order valence-corrected chi connectivity index (χ0v) is 12.2. The minimum Gasteiger partial charge on any atom is -0.380 e. The summed E-state index contributed by atoms with van der Waals surface area (Å²) in [6.45, 7) is 7.49. The van der Waals surface area contributed by atoms with Gasteiger partial charge < -0.3 is 10.1 Å². The summed E-state index contributed by atoms with van der Waals surface area (Å²) in [5.41, 5.74) is 2.66. The molecule has 19 heavy (non-hydrogen) atoms. The summed E-state index contributed by atoms with van der Waals surface area (Å²) in [5.74, 6) is 0. The fourth-order valence-electron chi connectivity index (χ4n) is 2.85. The SMILES string of the molecule is CCCN(Cc1cccc(COC)c1)C1CCNC1. The Hall–Kier alpha value is -0.900. The van der Waals surface area contributed by atoms with Gasteiger partial charge in [0.1, 0.15) is 0 Å². The van der Waals surface area contributed by atoms with Crippen LogP contribution in [-0.4, -0.2) is 37.7 Å². The first kappa shape index (κ1) is 14.5. The van der Waals surface area contributed by atoms with Crippen LogP contribution in [0.5, 0.6) is 0 Å². The molecule has 0 aromatic heterocycles. The largest absolute Gasteiger partial charge is 0.380 e. The van der Waals surface area contributed by atoms with E-state index in [1.165, 1.54) is 30.5 Å². The molecule has 1 aliphatic heterocycles. The van der Waals surface area contributed by atoms with Crippen LogP contribution in [0.4, 0.5) is 0 Å². The molecule has 0 saturated carbocycles. The molecule has 1 N–H and O–H groups in total. The van der Waals surface area contributed by atoms with Crippen molar-refractivity contribution in [2.45, 2.75) is 39.0 Å². The first-order valence-electron chi connectivity index (χ1n) is 7.35. The Morgan fingerprint density at radius 3 is 2.89 bits per heavy atom.